The van der Waals surface area contributed by atoms with Gasteiger partial charge in [-0.15, -0.1) is 0 Å². The fourth-order valence-corrected chi connectivity index (χ4v) is 2.01. The van der Waals surface area contributed by atoms with Gasteiger partial charge in [-0.25, -0.2) is 0 Å². The number of amides is 1. The van der Waals surface area contributed by atoms with Crippen molar-refractivity contribution in [3.05, 3.63) is 29.3 Å². The molecular formula is C14H22N2O2. The summed E-state index contributed by atoms with van der Waals surface area (Å²) in [7, 11) is 1.64. The summed E-state index contributed by atoms with van der Waals surface area (Å²) in [5, 5.41) is 2.97. The van der Waals surface area contributed by atoms with Gasteiger partial charge in [0.05, 0.1) is 18.2 Å². The van der Waals surface area contributed by atoms with Crippen molar-refractivity contribution in [1.82, 2.24) is 5.32 Å². The van der Waals surface area contributed by atoms with Crippen LogP contribution in [0.3, 0.4) is 0 Å². The van der Waals surface area contributed by atoms with Gasteiger partial charge in [0, 0.05) is 12.8 Å². The van der Waals surface area contributed by atoms with Gasteiger partial charge in [0.2, 0.25) is 0 Å². The zero-order valence-electron chi connectivity index (χ0n) is 11.3. The third-order valence-corrected chi connectivity index (χ3v) is 2.87. The van der Waals surface area contributed by atoms with Crippen LogP contribution in [0.2, 0.25) is 0 Å². The molecule has 0 aliphatic heterocycles. The Morgan fingerprint density at radius 3 is 2.78 bits per heavy atom. The lowest BCUT2D eigenvalue weighted by atomic mass is 10.1. The number of carbonyl (C=O) groups excluding carboxylic acids is 1. The predicted octanol–water partition coefficient (Wildman–Crippen LogP) is 2.12. The third-order valence-electron chi connectivity index (χ3n) is 2.87. The summed E-state index contributed by atoms with van der Waals surface area (Å²) in [4.78, 5) is 12.2. The van der Waals surface area contributed by atoms with Gasteiger partial charge in [0.15, 0.2) is 0 Å². The molecule has 0 aliphatic carbocycles. The number of rotatable bonds is 6. The van der Waals surface area contributed by atoms with Gasteiger partial charge in [-0.1, -0.05) is 25.5 Å². The van der Waals surface area contributed by atoms with Crippen LogP contribution in [-0.4, -0.2) is 25.7 Å². The Balaban J connectivity index is 2.80. The third kappa shape index (κ3) is 3.74. The number of methoxy groups -OCH3 is 1. The molecule has 0 spiro atoms. The van der Waals surface area contributed by atoms with Crippen LogP contribution < -0.4 is 11.1 Å². The van der Waals surface area contributed by atoms with Gasteiger partial charge in [0.25, 0.3) is 5.91 Å². The van der Waals surface area contributed by atoms with Crippen LogP contribution in [0, 0.1) is 6.92 Å². The average molecular weight is 250 g/mol. The summed E-state index contributed by atoms with van der Waals surface area (Å²) >= 11 is 0. The second-order valence-corrected chi connectivity index (χ2v) is 4.45. The van der Waals surface area contributed by atoms with E-state index in [4.69, 9.17) is 10.5 Å². The minimum atomic E-state index is -0.124. The smallest absolute Gasteiger partial charge is 0.253 e. The van der Waals surface area contributed by atoms with E-state index in [1.807, 2.05) is 19.1 Å². The van der Waals surface area contributed by atoms with Gasteiger partial charge >= 0.3 is 0 Å². The molecule has 1 atom stereocenters. The highest BCUT2D eigenvalue weighted by Crippen LogP contribution is 2.16. The zero-order chi connectivity index (χ0) is 13.5. The molecule has 0 bridgehead atoms. The van der Waals surface area contributed by atoms with Crippen molar-refractivity contribution in [1.29, 1.82) is 0 Å². The molecule has 1 amide bonds. The molecule has 1 aromatic rings. The molecule has 0 aliphatic rings. The Morgan fingerprint density at radius 1 is 1.50 bits per heavy atom. The Hall–Kier alpha value is -1.55. The lowest BCUT2D eigenvalue weighted by Crippen LogP contribution is -2.38. The molecule has 4 heteroatoms. The van der Waals surface area contributed by atoms with Gasteiger partial charge in [-0.05, 0) is 25.0 Å². The minimum absolute atomic E-state index is 0.0338. The standard InChI is InChI=1S/C14H22N2O2/c1-4-6-11(9-18-3)16-14(17)13-10(2)7-5-8-12(13)15/h5,7-8,11H,4,6,9,15H2,1-3H3,(H,16,17). The van der Waals surface area contributed by atoms with E-state index in [9.17, 15) is 4.79 Å². The first kappa shape index (κ1) is 14.5. The second kappa shape index (κ2) is 7.01. The minimum Gasteiger partial charge on any atom is -0.398 e. The summed E-state index contributed by atoms with van der Waals surface area (Å²) in [6.45, 7) is 4.48. The van der Waals surface area contributed by atoms with Gasteiger partial charge in [-0.3, -0.25) is 4.79 Å². The van der Waals surface area contributed by atoms with E-state index in [0.29, 0.717) is 17.9 Å². The topological polar surface area (TPSA) is 64.3 Å². The predicted molar refractivity (Wildman–Crippen MR) is 73.6 cm³/mol. The first-order valence-corrected chi connectivity index (χ1v) is 6.25. The zero-order valence-corrected chi connectivity index (χ0v) is 11.3. The van der Waals surface area contributed by atoms with Crippen LogP contribution in [0.4, 0.5) is 5.69 Å². The van der Waals surface area contributed by atoms with E-state index >= 15 is 0 Å². The van der Waals surface area contributed by atoms with Crippen LogP contribution in [-0.2, 0) is 4.74 Å². The van der Waals surface area contributed by atoms with Crippen molar-refractivity contribution in [2.45, 2.75) is 32.7 Å². The monoisotopic (exact) mass is 250 g/mol. The largest absolute Gasteiger partial charge is 0.398 e. The molecular weight excluding hydrogens is 228 g/mol. The molecule has 3 N–H and O–H groups in total. The molecule has 0 saturated carbocycles. The number of benzene rings is 1. The number of carbonyl (C=O) groups is 1. The van der Waals surface area contributed by atoms with Crippen molar-refractivity contribution in [3.8, 4) is 0 Å². The lowest BCUT2D eigenvalue weighted by Gasteiger charge is -2.18. The van der Waals surface area contributed by atoms with Gasteiger partial charge < -0.3 is 15.8 Å². The number of nitrogens with two attached hydrogens (primary N) is 1. The van der Waals surface area contributed by atoms with Crippen molar-refractivity contribution in [2.24, 2.45) is 0 Å². The summed E-state index contributed by atoms with van der Waals surface area (Å²) in [5.74, 6) is -0.124. The molecule has 100 valence electrons. The SMILES string of the molecule is CCCC(COC)NC(=O)c1c(C)cccc1N. The summed E-state index contributed by atoms with van der Waals surface area (Å²) < 4.78 is 5.11. The van der Waals surface area contributed by atoms with Crippen LogP contribution in [0.1, 0.15) is 35.7 Å². The van der Waals surface area contributed by atoms with E-state index in [1.54, 1.807) is 13.2 Å². The maximum absolute atomic E-state index is 12.2. The fraction of sp³-hybridized carbons (Fsp3) is 0.500. The van der Waals surface area contributed by atoms with Gasteiger partial charge in [-0.2, -0.15) is 0 Å². The lowest BCUT2D eigenvalue weighted by molar-refractivity contribution is 0.0892. The Labute approximate surface area is 109 Å². The van der Waals surface area contributed by atoms with E-state index in [2.05, 4.69) is 12.2 Å². The Kier molecular flexibility index (Phi) is 5.65. The molecule has 1 rings (SSSR count). The van der Waals surface area contributed by atoms with E-state index in [0.717, 1.165) is 18.4 Å². The first-order chi connectivity index (χ1) is 8.60. The number of ether oxygens (including phenoxy) is 1. The quantitative estimate of drug-likeness (QED) is 0.760. The highest BCUT2D eigenvalue weighted by molar-refractivity contribution is 6.00. The summed E-state index contributed by atoms with van der Waals surface area (Å²) in [5.41, 5.74) is 7.82. The molecule has 18 heavy (non-hydrogen) atoms. The van der Waals surface area contributed by atoms with E-state index < -0.39 is 0 Å². The molecule has 0 heterocycles. The molecule has 0 saturated heterocycles. The highest BCUT2D eigenvalue weighted by Gasteiger charge is 2.16. The molecule has 1 unspecified atom stereocenters. The highest BCUT2D eigenvalue weighted by atomic mass is 16.5. The van der Waals surface area contributed by atoms with E-state index in [-0.39, 0.29) is 11.9 Å². The normalized spacial score (nSPS) is 12.2. The number of anilines is 1. The number of nitrogen functional groups attached to an aromatic ring is 1. The van der Waals surface area contributed by atoms with Crippen LogP contribution in [0.15, 0.2) is 18.2 Å². The molecule has 0 aromatic heterocycles. The van der Waals surface area contributed by atoms with E-state index in [1.165, 1.54) is 0 Å². The Bertz CT molecular complexity index is 379. The fourth-order valence-electron chi connectivity index (χ4n) is 2.01. The van der Waals surface area contributed by atoms with Crippen LogP contribution in [0.25, 0.3) is 0 Å². The number of hydrogen-bond donors (Lipinski definition) is 2. The second-order valence-electron chi connectivity index (χ2n) is 4.45. The van der Waals surface area contributed by atoms with Crippen LogP contribution >= 0.6 is 0 Å². The Morgan fingerprint density at radius 2 is 2.22 bits per heavy atom. The summed E-state index contributed by atoms with van der Waals surface area (Å²) in [6, 6.07) is 5.51. The molecule has 0 radical (unpaired) electrons. The number of nitrogens with one attached hydrogen (secondary N) is 1. The molecule has 4 nitrogen and oxygen atoms in total. The van der Waals surface area contributed by atoms with Crippen molar-refractivity contribution in [2.75, 3.05) is 19.5 Å². The average Bonchev–Trinajstić information content (AvgIpc) is 2.29. The number of hydrogen-bond acceptors (Lipinski definition) is 3. The van der Waals surface area contributed by atoms with Crippen molar-refractivity contribution < 1.29 is 9.53 Å². The maximum Gasteiger partial charge on any atom is 0.253 e. The van der Waals surface area contributed by atoms with Crippen LogP contribution in [0.5, 0.6) is 0 Å². The maximum atomic E-state index is 12.2. The molecule has 0 fully saturated rings. The van der Waals surface area contributed by atoms with Crippen molar-refractivity contribution in [3.63, 3.8) is 0 Å². The summed E-state index contributed by atoms with van der Waals surface area (Å²) in [6.07, 6.45) is 1.89. The van der Waals surface area contributed by atoms with Crippen molar-refractivity contribution >= 4 is 11.6 Å². The molecule has 1 aromatic carbocycles. The van der Waals surface area contributed by atoms with Gasteiger partial charge in [0.1, 0.15) is 0 Å². The first-order valence-electron chi connectivity index (χ1n) is 6.25. The number of aryl methyl sites for hydroxylation is 1.